The molecule has 27 heavy (non-hydrogen) atoms. The number of benzene rings is 1. The third-order valence-electron chi connectivity index (χ3n) is 3.36. The average molecular weight is 523 g/mol. The van der Waals surface area contributed by atoms with Gasteiger partial charge in [0.1, 0.15) is 5.82 Å². The minimum Gasteiger partial charge on any atom is -0.357 e. The zero-order valence-electron chi connectivity index (χ0n) is 15.9. The smallest absolute Gasteiger partial charge is 0.191 e. The lowest BCUT2D eigenvalue weighted by molar-refractivity contribution is 0.626. The molecule has 2 aromatic rings. The van der Waals surface area contributed by atoms with E-state index in [-0.39, 0.29) is 29.8 Å². The normalized spacial score (nSPS) is 11.0. The van der Waals surface area contributed by atoms with Gasteiger partial charge in [0.05, 0.1) is 12.2 Å². The maximum atomic E-state index is 12.9. The van der Waals surface area contributed by atoms with Crippen LogP contribution in [-0.2, 0) is 6.54 Å². The third-order valence-corrected chi connectivity index (χ3v) is 5.52. The van der Waals surface area contributed by atoms with Crippen LogP contribution >= 0.6 is 47.1 Å². The molecule has 150 valence electrons. The fourth-order valence-corrected chi connectivity index (χ4v) is 3.68. The number of anilines is 1. The molecule has 0 saturated carbocycles. The fraction of sp³-hybridized carbons (Fsp3) is 0.444. The standard InChI is InChI=1S/C18H26FN5S2.HI/c1-4-20-17(22-12-15-13-26-18(23-15)24(2)3)21-10-5-11-25-16-8-6-14(19)7-9-16;/h6-9,13H,4-5,10-12H2,1-3H3,(H2,20,21,22);1H. The lowest BCUT2D eigenvalue weighted by atomic mass is 10.4. The number of aliphatic imine (C=N–C) groups is 1. The first-order valence-electron chi connectivity index (χ1n) is 8.60. The molecule has 0 amide bonds. The molecule has 0 fully saturated rings. The second-order valence-electron chi connectivity index (χ2n) is 5.79. The Morgan fingerprint density at radius 1 is 1.26 bits per heavy atom. The first kappa shape index (κ1) is 24.0. The minimum absolute atomic E-state index is 0. The molecule has 0 aliphatic rings. The molecular formula is C18H27FIN5S2. The van der Waals surface area contributed by atoms with E-state index in [1.54, 1.807) is 23.1 Å². The van der Waals surface area contributed by atoms with Gasteiger partial charge in [0.2, 0.25) is 0 Å². The SMILES string of the molecule is CCNC(=NCc1csc(N(C)C)n1)NCCCSc1ccc(F)cc1.I. The van der Waals surface area contributed by atoms with Gasteiger partial charge in [-0.25, -0.2) is 14.4 Å². The van der Waals surface area contributed by atoms with Crippen LogP contribution < -0.4 is 15.5 Å². The Morgan fingerprint density at radius 2 is 2.00 bits per heavy atom. The van der Waals surface area contributed by atoms with Gasteiger partial charge in [-0.1, -0.05) is 0 Å². The molecular weight excluding hydrogens is 496 g/mol. The summed E-state index contributed by atoms with van der Waals surface area (Å²) in [6, 6.07) is 6.62. The maximum Gasteiger partial charge on any atom is 0.191 e. The molecule has 0 radical (unpaired) electrons. The first-order chi connectivity index (χ1) is 12.6. The predicted molar refractivity (Wildman–Crippen MR) is 126 cm³/mol. The quantitative estimate of drug-likeness (QED) is 0.170. The molecule has 0 aliphatic heterocycles. The highest BCUT2D eigenvalue weighted by Gasteiger charge is 2.04. The van der Waals surface area contributed by atoms with Gasteiger partial charge in [-0.2, -0.15) is 0 Å². The number of nitrogens with one attached hydrogen (secondary N) is 2. The number of halogens is 2. The molecule has 0 saturated heterocycles. The van der Waals surface area contributed by atoms with Crippen molar-refractivity contribution < 1.29 is 4.39 Å². The number of aromatic nitrogens is 1. The molecule has 1 heterocycles. The van der Waals surface area contributed by atoms with Gasteiger partial charge in [0.25, 0.3) is 0 Å². The lowest BCUT2D eigenvalue weighted by Gasteiger charge is -2.11. The van der Waals surface area contributed by atoms with Crippen molar-refractivity contribution in [3.63, 3.8) is 0 Å². The highest BCUT2D eigenvalue weighted by Crippen LogP contribution is 2.19. The van der Waals surface area contributed by atoms with E-state index in [4.69, 9.17) is 0 Å². The Kier molecular flexibility index (Phi) is 11.7. The van der Waals surface area contributed by atoms with Gasteiger partial charge in [-0.3, -0.25) is 0 Å². The molecule has 0 spiro atoms. The van der Waals surface area contributed by atoms with Crippen molar-refractivity contribution in [1.82, 2.24) is 15.6 Å². The van der Waals surface area contributed by atoms with E-state index in [0.717, 1.165) is 46.9 Å². The summed E-state index contributed by atoms with van der Waals surface area (Å²) in [5, 5.41) is 9.63. The highest BCUT2D eigenvalue weighted by molar-refractivity contribution is 14.0. The molecule has 1 aromatic heterocycles. The Morgan fingerprint density at radius 3 is 2.63 bits per heavy atom. The second-order valence-corrected chi connectivity index (χ2v) is 7.80. The summed E-state index contributed by atoms with van der Waals surface area (Å²) in [6.07, 6.45) is 0.994. The third kappa shape index (κ3) is 9.11. The molecule has 0 aliphatic carbocycles. The molecule has 1 aromatic carbocycles. The Bertz CT molecular complexity index is 691. The van der Waals surface area contributed by atoms with Crippen LogP contribution in [0.3, 0.4) is 0 Å². The van der Waals surface area contributed by atoms with Crippen LogP contribution in [0, 0.1) is 5.82 Å². The summed E-state index contributed by atoms with van der Waals surface area (Å²) in [6.45, 7) is 4.26. The van der Waals surface area contributed by atoms with Gasteiger partial charge in [0.15, 0.2) is 11.1 Å². The zero-order valence-corrected chi connectivity index (χ0v) is 19.8. The Balaban J connectivity index is 0.00000364. The van der Waals surface area contributed by atoms with Crippen molar-refractivity contribution in [3.8, 4) is 0 Å². The molecule has 9 heteroatoms. The minimum atomic E-state index is -0.194. The Hall–Kier alpha value is -1.07. The van der Waals surface area contributed by atoms with Crippen molar-refractivity contribution in [2.75, 3.05) is 37.8 Å². The Labute approximate surface area is 186 Å². The summed E-state index contributed by atoms with van der Waals surface area (Å²) < 4.78 is 12.9. The first-order valence-corrected chi connectivity index (χ1v) is 10.5. The van der Waals surface area contributed by atoms with E-state index in [9.17, 15) is 4.39 Å². The van der Waals surface area contributed by atoms with Gasteiger partial charge >= 0.3 is 0 Å². The average Bonchev–Trinajstić information content (AvgIpc) is 3.10. The number of nitrogens with zero attached hydrogens (tertiary/aromatic N) is 3. The summed E-state index contributed by atoms with van der Waals surface area (Å²) in [7, 11) is 3.98. The number of thiazole rings is 1. The van der Waals surface area contributed by atoms with E-state index < -0.39 is 0 Å². The van der Waals surface area contributed by atoms with E-state index in [1.165, 1.54) is 12.1 Å². The van der Waals surface area contributed by atoms with E-state index in [0.29, 0.717) is 6.54 Å². The number of thioether (sulfide) groups is 1. The topological polar surface area (TPSA) is 52.6 Å². The largest absolute Gasteiger partial charge is 0.357 e. The molecule has 0 atom stereocenters. The van der Waals surface area contributed by atoms with E-state index in [2.05, 4.69) is 27.5 Å². The maximum absolute atomic E-state index is 12.9. The number of hydrogen-bond acceptors (Lipinski definition) is 5. The van der Waals surface area contributed by atoms with Gasteiger partial charge < -0.3 is 15.5 Å². The second kappa shape index (κ2) is 13.2. The van der Waals surface area contributed by atoms with E-state index in [1.807, 2.05) is 36.5 Å². The van der Waals surface area contributed by atoms with Crippen molar-refractivity contribution in [3.05, 3.63) is 41.2 Å². The fourth-order valence-electron chi connectivity index (χ4n) is 2.08. The van der Waals surface area contributed by atoms with Crippen LogP contribution in [0.5, 0.6) is 0 Å². The van der Waals surface area contributed by atoms with Crippen molar-refractivity contribution in [2.45, 2.75) is 24.8 Å². The van der Waals surface area contributed by atoms with Crippen LogP contribution in [0.4, 0.5) is 9.52 Å². The van der Waals surface area contributed by atoms with Crippen LogP contribution in [0.15, 0.2) is 39.5 Å². The summed E-state index contributed by atoms with van der Waals surface area (Å²) in [5.41, 5.74) is 0.975. The molecule has 2 rings (SSSR count). The van der Waals surface area contributed by atoms with E-state index >= 15 is 0 Å². The van der Waals surface area contributed by atoms with Gasteiger partial charge in [-0.05, 0) is 43.4 Å². The highest BCUT2D eigenvalue weighted by atomic mass is 127. The number of guanidine groups is 1. The van der Waals surface area contributed by atoms with Crippen LogP contribution in [-0.4, -0.2) is 43.9 Å². The van der Waals surface area contributed by atoms with Crippen molar-refractivity contribution in [2.24, 2.45) is 4.99 Å². The number of hydrogen-bond donors (Lipinski definition) is 2. The van der Waals surface area contributed by atoms with Crippen LogP contribution in [0.1, 0.15) is 19.0 Å². The van der Waals surface area contributed by atoms with Gasteiger partial charge in [0, 0.05) is 37.5 Å². The molecule has 0 unspecified atom stereocenters. The molecule has 2 N–H and O–H groups in total. The zero-order chi connectivity index (χ0) is 18.8. The van der Waals surface area contributed by atoms with Crippen LogP contribution in [0.2, 0.25) is 0 Å². The van der Waals surface area contributed by atoms with Crippen LogP contribution in [0.25, 0.3) is 0 Å². The monoisotopic (exact) mass is 523 g/mol. The number of rotatable bonds is 9. The van der Waals surface area contributed by atoms with Gasteiger partial charge in [-0.15, -0.1) is 47.1 Å². The summed E-state index contributed by atoms with van der Waals surface area (Å²) >= 11 is 3.35. The molecule has 0 bridgehead atoms. The molecule has 5 nitrogen and oxygen atoms in total. The van der Waals surface area contributed by atoms with Crippen molar-refractivity contribution >= 4 is 58.2 Å². The summed E-state index contributed by atoms with van der Waals surface area (Å²) in [5.74, 6) is 1.58. The summed E-state index contributed by atoms with van der Waals surface area (Å²) in [4.78, 5) is 12.2. The predicted octanol–water partition coefficient (Wildman–Crippen LogP) is 4.20. The lowest BCUT2D eigenvalue weighted by Crippen LogP contribution is -2.37. The van der Waals surface area contributed by atoms with Crippen molar-refractivity contribution in [1.29, 1.82) is 0 Å².